The van der Waals surface area contributed by atoms with Crippen LogP contribution in [0.3, 0.4) is 0 Å². The summed E-state index contributed by atoms with van der Waals surface area (Å²) in [6.45, 7) is 1.11. The molecule has 232 valence electrons. The number of halogens is 8. The molecule has 0 saturated heterocycles. The van der Waals surface area contributed by atoms with E-state index in [0.717, 1.165) is 25.4 Å². The molecule has 43 heavy (non-hydrogen) atoms. The number of benzene rings is 1. The summed E-state index contributed by atoms with van der Waals surface area (Å²) in [7, 11) is 0. The molecule has 4 N–H and O–H groups in total. The first-order valence-corrected chi connectivity index (χ1v) is 11.4. The standard InChI is InChI=1S/C21H17F5N6O4.C2HF3O2/c1-20(6-14(21(24,25)26)36-19(27)32-20)11-4-10(5-12(22)17(11)23)31-18(33)13-7-30-15(8-29-13)35-9-16-28-2-3-34-16;3-2(4,5)1(6)7/h2-5,7-8,14H,6,9H2,1H3,(H2,27,32)(H,31,33);(H,6,7)/t14-,20-;/m0./s1. The Morgan fingerprint density at radius 1 is 1.14 bits per heavy atom. The Hall–Kier alpha value is -5.04. The van der Waals surface area contributed by atoms with Crippen molar-refractivity contribution >= 4 is 23.6 Å². The Morgan fingerprint density at radius 3 is 2.35 bits per heavy atom. The van der Waals surface area contributed by atoms with Gasteiger partial charge in [0.25, 0.3) is 11.9 Å². The fraction of sp³-hybridized carbons (Fsp3) is 0.304. The number of anilines is 1. The predicted molar refractivity (Wildman–Crippen MR) is 125 cm³/mol. The molecule has 2 atom stereocenters. The van der Waals surface area contributed by atoms with Crippen LogP contribution in [0.4, 0.5) is 40.8 Å². The number of aliphatic carboxylic acids is 1. The highest BCUT2D eigenvalue weighted by atomic mass is 19.4. The number of carboxylic acid groups (broad SMARTS) is 1. The number of nitrogens with two attached hydrogens (primary N) is 1. The minimum atomic E-state index is -5.08. The zero-order chi connectivity index (χ0) is 32.2. The van der Waals surface area contributed by atoms with Crippen molar-refractivity contribution in [3.05, 3.63) is 65.8 Å². The molecular formula is C23H18F8N6O6. The lowest BCUT2D eigenvalue weighted by Crippen LogP contribution is -2.46. The Morgan fingerprint density at radius 2 is 1.81 bits per heavy atom. The quantitative estimate of drug-likeness (QED) is 0.338. The first kappa shape index (κ1) is 32.5. The van der Waals surface area contributed by atoms with Gasteiger partial charge < -0.3 is 30.0 Å². The fourth-order valence-electron chi connectivity index (χ4n) is 3.43. The third-order valence-corrected chi connectivity index (χ3v) is 5.36. The maximum absolute atomic E-state index is 14.7. The van der Waals surface area contributed by atoms with Crippen molar-refractivity contribution < 1.29 is 63.7 Å². The Balaban J connectivity index is 0.000000646. The summed E-state index contributed by atoms with van der Waals surface area (Å²) in [6.07, 6.45) is -8.16. The van der Waals surface area contributed by atoms with Gasteiger partial charge in [0.1, 0.15) is 12.0 Å². The lowest BCUT2D eigenvalue weighted by molar-refractivity contribution is -0.208. The molecule has 0 fully saturated rings. The van der Waals surface area contributed by atoms with Crippen LogP contribution in [0.25, 0.3) is 0 Å². The molecule has 0 bridgehead atoms. The predicted octanol–water partition coefficient (Wildman–Crippen LogP) is 4.09. The highest BCUT2D eigenvalue weighted by molar-refractivity contribution is 6.02. The largest absolute Gasteiger partial charge is 0.490 e. The summed E-state index contributed by atoms with van der Waals surface area (Å²) >= 11 is 0. The Labute approximate surface area is 234 Å². The number of carbonyl (C=O) groups is 2. The second-order valence-corrected chi connectivity index (χ2v) is 8.61. The molecule has 12 nitrogen and oxygen atoms in total. The molecule has 0 radical (unpaired) electrons. The molecule has 2 aromatic heterocycles. The van der Waals surface area contributed by atoms with Gasteiger partial charge in [0.2, 0.25) is 11.8 Å². The molecule has 0 unspecified atom stereocenters. The number of hydrogen-bond donors (Lipinski definition) is 3. The number of carbonyl (C=O) groups excluding carboxylic acids is 1. The van der Waals surface area contributed by atoms with E-state index in [1.54, 1.807) is 0 Å². The van der Waals surface area contributed by atoms with Crippen LogP contribution in [0.2, 0.25) is 0 Å². The molecular weight excluding hydrogens is 608 g/mol. The van der Waals surface area contributed by atoms with Crippen molar-refractivity contribution in [2.45, 2.75) is 43.9 Å². The van der Waals surface area contributed by atoms with Crippen LogP contribution in [0, 0.1) is 11.6 Å². The van der Waals surface area contributed by atoms with E-state index in [9.17, 15) is 39.9 Å². The van der Waals surface area contributed by atoms with Gasteiger partial charge in [0, 0.05) is 23.7 Å². The maximum Gasteiger partial charge on any atom is 0.490 e. The van der Waals surface area contributed by atoms with E-state index in [2.05, 4.69) is 30.0 Å². The van der Waals surface area contributed by atoms with E-state index >= 15 is 0 Å². The van der Waals surface area contributed by atoms with Gasteiger partial charge in [-0.05, 0) is 13.0 Å². The van der Waals surface area contributed by atoms with Crippen molar-refractivity contribution in [2.75, 3.05) is 5.32 Å². The van der Waals surface area contributed by atoms with Crippen molar-refractivity contribution in [3.8, 4) is 5.88 Å². The van der Waals surface area contributed by atoms with Gasteiger partial charge in [0.15, 0.2) is 24.3 Å². The summed E-state index contributed by atoms with van der Waals surface area (Å²) in [5, 5.41) is 9.43. The van der Waals surface area contributed by atoms with Gasteiger partial charge >= 0.3 is 18.3 Å². The Bertz CT molecular complexity index is 1480. The average molecular weight is 626 g/mol. The van der Waals surface area contributed by atoms with Crippen LogP contribution >= 0.6 is 0 Å². The molecule has 0 aliphatic carbocycles. The van der Waals surface area contributed by atoms with Crippen LogP contribution in [0.15, 0.2) is 46.4 Å². The smallest absolute Gasteiger partial charge is 0.475 e. The molecule has 0 saturated carbocycles. The summed E-state index contributed by atoms with van der Waals surface area (Å²) in [4.78, 5) is 36.9. The van der Waals surface area contributed by atoms with Crippen LogP contribution in [-0.4, -0.2) is 56.4 Å². The SMILES string of the molecule is C[C@@]1(c2cc(NC(=O)c3cnc(OCc4ncco4)cn3)cc(F)c2F)C[C@@H](C(F)(F)F)OC(N)=N1.O=C(O)C(F)(F)F. The fourth-order valence-corrected chi connectivity index (χ4v) is 3.43. The minimum absolute atomic E-state index is 0.0309. The molecule has 3 heterocycles. The monoisotopic (exact) mass is 626 g/mol. The van der Waals surface area contributed by atoms with Crippen LogP contribution in [0.5, 0.6) is 5.88 Å². The van der Waals surface area contributed by atoms with E-state index in [1.165, 1.54) is 12.5 Å². The van der Waals surface area contributed by atoms with Gasteiger partial charge in [0.05, 0.1) is 24.1 Å². The first-order valence-electron chi connectivity index (χ1n) is 11.4. The normalized spacial score (nSPS) is 18.4. The number of alkyl halides is 6. The lowest BCUT2D eigenvalue weighted by Gasteiger charge is -2.36. The number of amides is 1. The number of rotatable bonds is 6. The van der Waals surface area contributed by atoms with E-state index < -0.39 is 65.5 Å². The van der Waals surface area contributed by atoms with Gasteiger partial charge in [-0.3, -0.25) is 4.79 Å². The highest BCUT2D eigenvalue weighted by Crippen LogP contribution is 2.41. The number of amidine groups is 1. The van der Waals surface area contributed by atoms with Crippen LogP contribution in [-0.2, 0) is 21.7 Å². The molecule has 1 aliphatic heterocycles. The molecule has 1 aliphatic rings. The van der Waals surface area contributed by atoms with Gasteiger partial charge in [-0.15, -0.1) is 0 Å². The summed E-state index contributed by atoms with van der Waals surface area (Å²) < 4.78 is 115. The molecule has 0 spiro atoms. The van der Waals surface area contributed by atoms with Crippen LogP contribution < -0.4 is 15.8 Å². The summed E-state index contributed by atoms with van der Waals surface area (Å²) in [5.41, 5.74) is 2.43. The van der Waals surface area contributed by atoms with E-state index in [-0.39, 0.29) is 23.9 Å². The van der Waals surface area contributed by atoms with Crippen molar-refractivity contribution in [3.63, 3.8) is 0 Å². The average Bonchev–Trinajstić information content (AvgIpc) is 3.42. The molecule has 20 heteroatoms. The second-order valence-electron chi connectivity index (χ2n) is 8.61. The Kier molecular flexibility index (Phi) is 9.40. The maximum atomic E-state index is 14.7. The molecule has 3 aromatic rings. The van der Waals surface area contributed by atoms with E-state index in [4.69, 9.17) is 24.8 Å². The van der Waals surface area contributed by atoms with Gasteiger partial charge in [-0.25, -0.2) is 33.5 Å². The second kappa shape index (κ2) is 12.4. The van der Waals surface area contributed by atoms with Gasteiger partial charge in [-0.1, -0.05) is 0 Å². The lowest BCUT2D eigenvalue weighted by atomic mass is 9.85. The zero-order valence-corrected chi connectivity index (χ0v) is 21.3. The third kappa shape index (κ3) is 8.49. The summed E-state index contributed by atoms with van der Waals surface area (Å²) in [6, 6.07) is 0.794. The molecule has 1 amide bonds. The number of oxazole rings is 1. The van der Waals surface area contributed by atoms with Crippen molar-refractivity contribution in [1.82, 2.24) is 15.0 Å². The molecule has 4 rings (SSSR count). The van der Waals surface area contributed by atoms with E-state index in [0.29, 0.717) is 12.0 Å². The number of aromatic nitrogens is 3. The number of carboxylic acids is 1. The highest BCUT2D eigenvalue weighted by Gasteiger charge is 2.50. The van der Waals surface area contributed by atoms with Crippen molar-refractivity contribution in [1.29, 1.82) is 0 Å². The minimum Gasteiger partial charge on any atom is -0.475 e. The first-order chi connectivity index (χ1) is 19.9. The summed E-state index contributed by atoms with van der Waals surface area (Å²) in [5.74, 6) is -6.13. The number of hydrogen-bond acceptors (Lipinski definition) is 10. The van der Waals surface area contributed by atoms with Crippen LogP contribution in [0.1, 0.15) is 35.3 Å². The van der Waals surface area contributed by atoms with Crippen molar-refractivity contribution in [2.24, 2.45) is 10.7 Å². The number of ether oxygens (including phenoxy) is 2. The number of nitrogens with zero attached hydrogens (tertiary/aromatic N) is 4. The molecule has 1 aromatic carbocycles. The number of nitrogens with one attached hydrogen (secondary N) is 1. The topological polar surface area (TPSA) is 175 Å². The zero-order valence-electron chi connectivity index (χ0n) is 21.3. The van der Waals surface area contributed by atoms with E-state index in [1.807, 2.05) is 0 Å². The number of aliphatic imine (C=N–C) groups is 1. The van der Waals surface area contributed by atoms with Gasteiger partial charge in [-0.2, -0.15) is 26.3 Å². The third-order valence-electron chi connectivity index (χ3n) is 5.36.